The summed E-state index contributed by atoms with van der Waals surface area (Å²) >= 11 is 0. The molecule has 2 heterocycles. The van der Waals surface area contributed by atoms with E-state index in [9.17, 15) is 14.0 Å². The second-order valence-corrected chi connectivity index (χ2v) is 7.29. The third kappa shape index (κ3) is 3.59. The number of halogens is 1. The van der Waals surface area contributed by atoms with Crippen LogP contribution in [0.4, 0.5) is 4.39 Å². The van der Waals surface area contributed by atoms with Gasteiger partial charge >= 0.3 is 0 Å². The van der Waals surface area contributed by atoms with E-state index >= 15 is 0 Å². The first-order chi connectivity index (χ1) is 13.1. The Hall–Kier alpha value is -2.69. The summed E-state index contributed by atoms with van der Waals surface area (Å²) in [4.78, 5) is 29.0. The number of piperidine rings is 1. The molecule has 2 aliphatic heterocycles. The second-order valence-electron chi connectivity index (χ2n) is 7.29. The number of fused-ring (bicyclic) bond motifs is 1. The molecule has 0 N–H and O–H groups in total. The summed E-state index contributed by atoms with van der Waals surface area (Å²) in [5, 5.41) is 0. The molecule has 2 aromatic carbocycles. The molecule has 27 heavy (non-hydrogen) atoms. The number of likely N-dealkylation sites (tertiary alicyclic amines) is 1. The van der Waals surface area contributed by atoms with Crippen LogP contribution in [0, 0.1) is 5.82 Å². The highest BCUT2D eigenvalue weighted by Gasteiger charge is 2.30. The third-order valence-corrected chi connectivity index (χ3v) is 5.55. The molecule has 1 fully saturated rings. The molecule has 2 aliphatic rings. The van der Waals surface area contributed by atoms with E-state index in [1.54, 1.807) is 11.0 Å². The highest BCUT2D eigenvalue weighted by atomic mass is 19.1. The molecule has 0 saturated carbocycles. The van der Waals surface area contributed by atoms with Gasteiger partial charge in [-0.25, -0.2) is 4.39 Å². The van der Waals surface area contributed by atoms with Gasteiger partial charge in [-0.05, 0) is 48.6 Å². The third-order valence-electron chi connectivity index (χ3n) is 5.55. The van der Waals surface area contributed by atoms with Crippen molar-refractivity contribution in [3.05, 3.63) is 71.0 Å². The summed E-state index contributed by atoms with van der Waals surface area (Å²) in [6.07, 6.45) is 3.14. The molecular weight excluding hydrogens is 343 g/mol. The van der Waals surface area contributed by atoms with E-state index in [4.69, 9.17) is 0 Å². The molecule has 4 rings (SSSR count). The fourth-order valence-electron chi connectivity index (χ4n) is 4.16. The molecule has 0 unspecified atom stereocenters. The molecule has 1 saturated heterocycles. The van der Waals surface area contributed by atoms with Crippen LogP contribution in [0.15, 0.2) is 48.5 Å². The predicted molar refractivity (Wildman–Crippen MR) is 101 cm³/mol. The van der Waals surface area contributed by atoms with Crippen LogP contribution in [0.25, 0.3) is 0 Å². The van der Waals surface area contributed by atoms with Crippen molar-refractivity contribution in [2.45, 2.75) is 38.3 Å². The molecule has 140 valence electrons. The zero-order valence-corrected chi connectivity index (χ0v) is 15.2. The van der Waals surface area contributed by atoms with E-state index in [0.717, 1.165) is 36.0 Å². The van der Waals surface area contributed by atoms with Crippen LogP contribution in [-0.2, 0) is 11.3 Å². The molecule has 1 atom stereocenters. The van der Waals surface area contributed by atoms with Gasteiger partial charge in [0, 0.05) is 31.6 Å². The summed E-state index contributed by atoms with van der Waals surface area (Å²) in [6, 6.07) is 14.0. The normalized spacial score (nSPS) is 19.3. The van der Waals surface area contributed by atoms with Gasteiger partial charge in [-0.2, -0.15) is 0 Å². The Morgan fingerprint density at radius 1 is 1.11 bits per heavy atom. The number of nitrogens with zero attached hydrogens (tertiary/aromatic N) is 2. The number of carbonyl (C=O) groups excluding carboxylic acids is 2. The maximum atomic E-state index is 13.6. The largest absolute Gasteiger partial charge is 0.336 e. The van der Waals surface area contributed by atoms with E-state index < -0.39 is 0 Å². The van der Waals surface area contributed by atoms with Crippen molar-refractivity contribution in [2.75, 3.05) is 13.1 Å². The average molecular weight is 366 g/mol. The van der Waals surface area contributed by atoms with Crippen molar-refractivity contribution >= 4 is 11.8 Å². The van der Waals surface area contributed by atoms with Crippen LogP contribution in [0.1, 0.15) is 53.2 Å². The van der Waals surface area contributed by atoms with Crippen molar-refractivity contribution in [3.8, 4) is 0 Å². The monoisotopic (exact) mass is 366 g/mol. The maximum Gasteiger partial charge on any atom is 0.254 e. The van der Waals surface area contributed by atoms with Crippen molar-refractivity contribution < 1.29 is 14.0 Å². The average Bonchev–Trinajstić information content (AvgIpc) is 3.02. The molecular formula is C22H23FN2O2. The minimum atomic E-state index is -0.272. The number of hydrogen-bond acceptors (Lipinski definition) is 2. The van der Waals surface area contributed by atoms with Crippen LogP contribution in [0.3, 0.4) is 0 Å². The molecule has 0 aliphatic carbocycles. The van der Waals surface area contributed by atoms with Crippen molar-refractivity contribution in [2.24, 2.45) is 0 Å². The first-order valence-corrected chi connectivity index (χ1v) is 9.55. The number of amides is 2. The lowest BCUT2D eigenvalue weighted by molar-refractivity contribution is -0.135. The summed E-state index contributed by atoms with van der Waals surface area (Å²) < 4.78 is 13.6. The zero-order valence-electron chi connectivity index (χ0n) is 15.2. The van der Waals surface area contributed by atoms with Gasteiger partial charge in [0.05, 0.1) is 6.04 Å². The Morgan fingerprint density at radius 3 is 2.78 bits per heavy atom. The van der Waals surface area contributed by atoms with Gasteiger partial charge < -0.3 is 9.80 Å². The van der Waals surface area contributed by atoms with Crippen LogP contribution in [-0.4, -0.2) is 34.7 Å². The van der Waals surface area contributed by atoms with Crippen LogP contribution >= 0.6 is 0 Å². The van der Waals surface area contributed by atoms with Crippen molar-refractivity contribution in [1.29, 1.82) is 0 Å². The molecule has 0 aromatic heterocycles. The Labute approximate surface area is 158 Å². The summed E-state index contributed by atoms with van der Waals surface area (Å²) in [5.74, 6) is -0.239. The van der Waals surface area contributed by atoms with Gasteiger partial charge in [-0.15, -0.1) is 0 Å². The van der Waals surface area contributed by atoms with Crippen molar-refractivity contribution in [1.82, 2.24) is 9.80 Å². The summed E-state index contributed by atoms with van der Waals surface area (Å²) in [5.41, 5.74) is 2.61. The van der Waals surface area contributed by atoms with Gasteiger partial charge in [0.15, 0.2) is 0 Å². The first kappa shape index (κ1) is 17.7. The van der Waals surface area contributed by atoms with Gasteiger partial charge in [-0.3, -0.25) is 9.59 Å². The molecule has 5 heteroatoms. The zero-order chi connectivity index (χ0) is 18.8. The minimum Gasteiger partial charge on any atom is -0.336 e. The van der Waals surface area contributed by atoms with Crippen LogP contribution in [0.5, 0.6) is 0 Å². The highest BCUT2D eigenvalue weighted by Crippen LogP contribution is 2.32. The molecule has 4 nitrogen and oxygen atoms in total. The molecule has 0 radical (unpaired) electrons. The van der Waals surface area contributed by atoms with Gasteiger partial charge in [0.25, 0.3) is 5.91 Å². The lowest BCUT2D eigenvalue weighted by Crippen LogP contribution is -2.40. The number of hydrogen-bond donors (Lipinski definition) is 0. The molecule has 2 aromatic rings. The van der Waals surface area contributed by atoms with Gasteiger partial charge in [0.2, 0.25) is 5.91 Å². The van der Waals surface area contributed by atoms with Crippen LogP contribution < -0.4 is 0 Å². The molecule has 0 spiro atoms. The topological polar surface area (TPSA) is 40.6 Å². The van der Waals surface area contributed by atoms with E-state index in [2.05, 4.69) is 0 Å². The second kappa shape index (κ2) is 7.51. The van der Waals surface area contributed by atoms with E-state index in [1.165, 1.54) is 12.1 Å². The van der Waals surface area contributed by atoms with Crippen LogP contribution in [0.2, 0.25) is 0 Å². The quantitative estimate of drug-likeness (QED) is 0.823. The number of carbonyl (C=O) groups is 2. The summed E-state index contributed by atoms with van der Waals surface area (Å²) in [6.45, 7) is 1.67. The molecule has 2 amide bonds. The maximum absolute atomic E-state index is 13.6. The van der Waals surface area contributed by atoms with Gasteiger partial charge in [0.1, 0.15) is 5.82 Å². The lowest BCUT2D eigenvalue weighted by atomic mass is 9.95. The van der Waals surface area contributed by atoms with E-state index in [0.29, 0.717) is 26.1 Å². The summed E-state index contributed by atoms with van der Waals surface area (Å²) in [7, 11) is 0. The van der Waals surface area contributed by atoms with E-state index in [1.807, 2.05) is 35.2 Å². The van der Waals surface area contributed by atoms with Gasteiger partial charge in [-0.1, -0.05) is 30.3 Å². The first-order valence-electron chi connectivity index (χ1n) is 9.55. The Bertz CT molecular complexity index is 867. The van der Waals surface area contributed by atoms with E-state index in [-0.39, 0.29) is 23.7 Å². The standard InChI is InChI=1S/C22H23FN2O2/c23-18-8-5-7-16(14-18)20-10-3-4-12-25(20)21(26)11-13-24-15-17-6-1-2-9-19(17)22(24)27/h1-2,5-9,14,20H,3-4,10-13,15H2/t20-/m0/s1. The smallest absolute Gasteiger partial charge is 0.254 e. The highest BCUT2D eigenvalue weighted by molar-refractivity contribution is 5.98. The SMILES string of the molecule is O=C1c2ccccc2CN1CCC(=O)N1CCCC[C@H]1c1cccc(F)c1. The Balaban J connectivity index is 1.42. The fraction of sp³-hybridized carbons (Fsp3) is 0.364. The number of benzene rings is 2. The predicted octanol–water partition coefficient (Wildman–Crippen LogP) is 3.93. The number of rotatable bonds is 4. The Kier molecular flexibility index (Phi) is 4.92. The molecule has 0 bridgehead atoms. The van der Waals surface area contributed by atoms with Crippen molar-refractivity contribution in [3.63, 3.8) is 0 Å². The fourth-order valence-corrected chi connectivity index (χ4v) is 4.16. The Morgan fingerprint density at radius 2 is 1.96 bits per heavy atom. The minimum absolute atomic E-state index is 0.00118. The lowest BCUT2D eigenvalue weighted by Gasteiger charge is -2.36.